The van der Waals surface area contributed by atoms with Gasteiger partial charge in [-0.3, -0.25) is 9.59 Å². The summed E-state index contributed by atoms with van der Waals surface area (Å²) in [5, 5.41) is 12.4. The smallest absolute Gasteiger partial charge is 0.255 e. The lowest BCUT2D eigenvalue weighted by molar-refractivity contribution is 0.0742. The number of hydrogen-bond acceptors (Lipinski definition) is 4. The van der Waals surface area contributed by atoms with Gasteiger partial charge in [0.2, 0.25) is 0 Å². The van der Waals surface area contributed by atoms with Gasteiger partial charge in [-0.05, 0) is 84.1 Å². The van der Waals surface area contributed by atoms with Gasteiger partial charge < -0.3 is 16.0 Å². The van der Waals surface area contributed by atoms with Crippen LogP contribution < -0.4 is 11.1 Å². The van der Waals surface area contributed by atoms with Gasteiger partial charge in [-0.15, -0.1) is 0 Å². The Morgan fingerprint density at radius 3 is 2.22 bits per heavy atom. The van der Waals surface area contributed by atoms with Crippen LogP contribution in [-0.2, 0) is 12.0 Å². The first-order valence-electron chi connectivity index (χ1n) is 11.8. The molecule has 0 aromatic heterocycles. The number of amides is 2. The van der Waals surface area contributed by atoms with E-state index in [1.54, 1.807) is 47.4 Å². The molecule has 2 amide bonds. The number of hydrogen-bond donors (Lipinski definition) is 2. The highest BCUT2D eigenvalue weighted by Crippen LogP contribution is 2.25. The summed E-state index contributed by atoms with van der Waals surface area (Å²) in [6, 6.07) is 21.4. The summed E-state index contributed by atoms with van der Waals surface area (Å²) in [5.41, 5.74) is 9.66. The Hall–Kier alpha value is -3.66. The maximum absolute atomic E-state index is 13.2. The highest BCUT2D eigenvalue weighted by Gasteiger charge is 2.18. The Morgan fingerprint density at radius 1 is 1.00 bits per heavy atom. The molecule has 0 aliphatic rings. The molecule has 0 saturated heterocycles. The van der Waals surface area contributed by atoms with E-state index < -0.39 is 0 Å². The van der Waals surface area contributed by atoms with E-state index >= 15 is 0 Å². The molecule has 0 aliphatic carbocycles. The third-order valence-electron chi connectivity index (χ3n) is 5.86. The fraction of sp³-hybridized carbons (Fsp3) is 0.276. The number of halogens is 1. The van der Waals surface area contributed by atoms with Crippen molar-refractivity contribution in [1.29, 1.82) is 5.26 Å². The van der Waals surface area contributed by atoms with E-state index in [1.807, 2.05) is 24.3 Å². The van der Waals surface area contributed by atoms with Crippen molar-refractivity contribution < 1.29 is 9.59 Å². The maximum atomic E-state index is 13.2. The fourth-order valence-electron chi connectivity index (χ4n) is 3.71. The SMILES string of the molecule is CC(C)(C)c1ccc(C(=O)Nc2ccc(Cl)c(CN(CCCN)C(=O)c3ccc(C#N)cc3)c2)cc1. The molecule has 0 bridgehead atoms. The van der Waals surface area contributed by atoms with Crippen LogP contribution in [-0.4, -0.2) is 29.8 Å². The molecule has 3 N–H and O–H groups in total. The molecule has 7 heteroatoms. The molecule has 6 nitrogen and oxygen atoms in total. The number of nitrogens with zero attached hydrogens (tertiary/aromatic N) is 2. The number of nitriles is 1. The quantitative estimate of drug-likeness (QED) is 0.409. The molecule has 0 heterocycles. The first kappa shape index (κ1) is 26.9. The van der Waals surface area contributed by atoms with Gasteiger partial charge in [-0.25, -0.2) is 0 Å². The lowest BCUT2D eigenvalue weighted by Crippen LogP contribution is -2.32. The van der Waals surface area contributed by atoms with E-state index in [2.05, 4.69) is 32.2 Å². The largest absolute Gasteiger partial charge is 0.334 e. The van der Waals surface area contributed by atoms with Gasteiger partial charge in [0.25, 0.3) is 11.8 Å². The van der Waals surface area contributed by atoms with Crippen LogP contribution in [0.4, 0.5) is 5.69 Å². The molecule has 186 valence electrons. The highest BCUT2D eigenvalue weighted by molar-refractivity contribution is 6.31. The van der Waals surface area contributed by atoms with E-state index in [0.717, 1.165) is 5.56 Å². The lowest BCUT2D eigenvalue weighted by Gasteiger charge is -2.24. The van der Waals surface area contributed by atoms with Gasteiger partial charge in [0.05, 0.1) is 11.6 Å². The predicted molar refractivity (Wildman–Crippen MR) is 144 cm³/mol. The minimum atomic E-state index is -0.225. The first-order chi connectivity index (χ1) is 17.1. The zero-order chi connectivity index (χ0) is 26.3. The summed E-state index contributed by atoms with van der Waals surface area (Å²) in [6.07, 6.45) is 0.626. The normalized spacial score (nSPS) is 11.0. The highest BCUT2D eigenvalue weighted by atomic mass is 35.5. The van der Waals surface area contributed by atoms with E-state index in [4.69, 9.17) is 22.6 Å². The van der Waals surface area contributed by atoms with Gasteiger partial charge in [-0.2, -0.15) is 5.26 Å². The van der Waals surface area contributed by atoms with Crippen molar-refractivity contribution in [3.05, 3.63) is 99.6 Å². The minimum Gasteiger partial charge on any atom is -0.334 e. The van der Waals surface area contributed by atoms with Crippen molar-refractivity contribution in [2.24, 2.45) is 5.73 Å². The van der Waals surface area contributed by atoms with Crippen LogP contribution in [0.2, 0.25) is 5.02 Å². The van der Waals surface area contributed by atoms with Crippen molar-refractivity contribution in [2.45, 2.75) is 39.2 Å². The van der Waals surface area contributed by atoms with Crippen molar-refractivity contribution in [2.75, 3.05) is 18.4 Å². The van der Waals surface area contributed by atoms with Gasteiger partial charge >= 0.3 is 0 Å². The molecule has 3 aromatic carbocycles. The summed E-state index contributed by atoms with van der Waals surface area (Å²) < 4.78 is 0. The molecular formula is C29H31ClN4O2. The fourth-order valence-corrected chi connectivity index (χ4v) is 3.89. The van der Waals surface area contributed by atoms with E-state index in [1.165, 1.54) is 0 Å². The van der Waals surface area contributed by atoms with Gasteiger partial charge in [0.1, 0.15) is 0 Å². The van der Waals surface area contributed by atoms with Crippen LogP contribution in [0.15, 0.2) is 66.7 Å². The van der Waals surface area contributed by atoms with E-state index in [9.17, 15) is 9.59 Å². The van der Waals surface area contributed by atoms with Crippen LogP contribution in [0, 0.1) is 11.3 Å². The molecular weight excluding hydrogens is 472 g/mol. The second-order valence-corrected chi connectivity index (χ2v) is 10.1. The van der Waals surface area contributed by atoms with Crippen molar-refractivity contribution in [1.82, 2.24) is 4.90 Å². The molecule has 3 aromatic rings. The van der Waals surface area contributed by atoms with Crippen LogP contribution in [0.25, 0.3) is 0 Å². The van der Waals surface area contributed by atoms with Gasteiger partial charge in [-0.1, -0.05) is 44.5 Å². The van der Waals surface area contributed by atoms with Crippen molar-refractivity contribution in [3.63, 3.8) is 0 Å². The zero-order valence-corrected chi connectivity index (χ0v) is 21.6. The summed E-state index contributed by atoms with van der Waals surface area (Å²) in [7, 11) is 0. The van der Waals surface area contributed by atoms with Gasteiger partial charge in [0, 0.05) is 34.9 Å². The number of nitrogens with one attached hydrogen (secondary N) is 1. The van der Waals surface area contributed by atoms with E-state index in [-0.39, 0.29) is 23.8 Å². The molecule has 0 fully saturated rings. The Bertz CT molecular complexity index is 1260. The third-order valence-corrected chi connectivity index (χ3v) is 6.23. The lowest BCUT2D eigenvalue weighted by atomic mass is 9.87. The molecule has 0 atom stereocenters. The average Bonchev–Trinajstić information content (AvgIpc) is 2.87. The molecule has 0 spiro atoms. The summed E-state index contributed by atoms with van der Waals surface area (Å²) >= 11 is 6.47. The molecule has 3 rings (SSSR count). The zero-order valence-electron chi connectivity index (χ0n) is 20.8. The number of nitrogens with two attached hydrogens (primary N) is 1. The van der Waals surface area contributed by atoms with Crippen LogP contribution >= 0.6 is 11.6 Å². The Morgan fingerprint density at radius 2 is 1.64 bits per heavy atom. The summed E-state index contributed by atoms with van der Waals surface area (Å²) in [4.78, 5) is 27.7. The monoisotopic (exact) mass is 502 g/mol. The molecule has 0 unspecified atom stereocenters. The van der Waals surface area contributed by atoms with E-state index in [0.29, 0.717) is 52.5 Å². The topological polar surface area (TPSA) is 99.2 Å². The van der Waals surface area contributed by atoms with Crippen LogP contribution in [0.3, 0.4) is 0 Å². The first-order valence-corrected chi connectivity index (χ1v) is 12.2. The van der Waals surface area contributed by atoms with Crippen molar-refractivity contribution >= 4 is 29.1 Å². The Labute approximate surface area is 217 Å². The number of carbonyl (C=O) groups is 2. The molecule has 0 radical (unpaired) electrons. The summed E-state index contributed by atoms with van der Waals surface area (Å²) in [5.74, 6) is -0.408. The number of anilines is 1. The second-order valence-electron chi connectivity index (χ2n) is 9.65. The number of benzene rings is 3. The molecule has 0 saturated carbocycles. The van der Waals surface area contributed by atoms with Gasteiger partial charge in [0.15, 0.2) is 0 Å². The standard InChI is InChI=1S/C29H31ClN4O2/c1-29(2,3)24-11-9-21(10-12-24)27(35)33-25-13-14-26(30)23(17-25)19-34(16-4-15-31)28(36)22-7-5-20(18-32)6-8-22/h5-14,17H,4,15-16,19,31H2,1-3H3,(H,33,35). The molecule has 0 aliphatic heterocycles. The predicted octanol–water partition coefficient (Wildman–Crippen LogP) is 5.75. The van der Waals surface area contributed by atoms with Crippen LogP contribution in [0.1, 0.15) is 64.6 Å². The van der Waals surface area contributed by atoms with Crippen molar-refractivity contribution in [3.8, 4) is 6.07 Å². The second kappa shape index (κ2) is 11.9. The summed E-state index contributed by atoms with van der Waals surface area (Å²) in [6.45, 7) is 7.51. The minimum absolute atomic E-state index is 0.00502. The Balaban J connectivity index is 1.78. The number of rotatable bonds is 8. The number of carbonyl (C=O) groups excluding carboxylic acids is 2. The van der Waals surface area contributed by atoms with Crippen LogP contribution in [0.5, 0.6) is 0 Å². The maximum Gasteiger partial charge on any atom is 0.255 e. The molecule has 36 heavy (non-hydrogen) atoms. The Kier molecular flexibility index (Phi) is 8.87. The average molecular weight is 503 g/mol. The third kappa shape index (κ3) is 6.94.